The van der Waals surface area contributed by atoms with Gasteiger partial charge in [0, 0.05) is 21.1 Å². The number of halogens is 1. The molecule has 3 heteroatoms. The van der Waals surface area contributed by atoms with Crippen LogP contribution in [0.15, 0.2) is 30.3 Å². The van der Waals surface area contributed by atoms with Crippen LogP contribution in [0, 0.1) is 0 Å². The monoisotopic (exact) mass is 413 g/mol. The topological polar surface area (TPSA) is 14.1 Å². The Balaban J connectivity index is 0.000000640. The van der Waals surface area contributed by atoms with Crippen LogP contribution >= 0.6 is 22.9 Å². The van der Waals surface area contributed by atoms with Crippen molar-refractivity contribution in [2.75, 3.05) is 0 Å². The van der Waals surface area contributed by atoms with Gasteiger partial charge in [-0.1, -0.05) is 30.3 Å². The van der Waals surface area contributed by atoms with Gasteiger partial charge < -0.3 is 3.53 Å². The van der Waals surface area contributed by atoms with E-state index in [4.69, 9.17) is 0 Å². The first kappa shape index (κ1) is 9.44. The molecule has 0 aromatic heterocycles. The van der Waals surface area contributed by atoms with Crippen molar-refractivity contribution in [1.29, 1.82) is 0 Å². The van der Waals surface area contributed by atoms with Crippen LogP contribution in [-0.2, 0) is 21.1 Å². The van der Waals surface area contributed by atoms with Gasteiger partial charge in [0.15, 0.2) is 0 Å². The van der Waals surface area contributed by atoms with E-state index in [1.807, 2.05) is 53.2 Å². The quantitative estimate of drug-likeness (QED) is 0.629. The van der Waals surface area contributed by atoms with Crippen LogP contribution in [0.2, 0.25) is 0 Å². The number of hydrogen-bond donors (Lipinski definition) is 0. The summed E-state index contributed by atoms with van der Waals surface area (Å²) in [6, 6.07) is 9.85. The first-order chi connectivity index (χ1) is 3.93. The Morgan fingerprint density at radius 2 is 1.67 bits per heavy atom. The molecule has 0 amide bonds. The number of hydrogen-bond acceptors (Lipinski definition) is 0. The van der Waals surface area contributed by atoms with Crippen molar-refractivity contribution in [2.24, 2.45) is 0 Å². The Morgan fingerprint density at radius 3 is 2.00 bits per heavy atom. The molecule has 1 aromatic rings. The molecular weight excluding hydrogens is 408 g/mol. The van der Waals surface area contributed by atoms with E-state index in [0.29, 0.717) is 0 Å². The Kier molecular flexibility index (Phi) is 5.50. The molecule has 0 fully saturated rings. The third-order valence-electron chi connectivity index (χ3n) is 0.854. The maximum absolute atomic E-state index is 3.94. The van der Waals surface area contributed by atoms with Gasteiger partial charge in [-0.3, -0.25) is 0 Å². The Hall–Kier alpha value is 0.438. The van der Waals surface area contributed by atoms with Crippen molar-refractivity contribution in [3.05, 3.63) is 33.9 Å². The summed E-state index contributed by atoms with van der Waals surface area (Å²) in [5.74, 6) is 0. The van der Waals surface area contributed by atoms with Crippen molar-refractivity contribution >= 4 is 28.6 Å². The van der Waals surface area contributed by atoms with E-state index in [1.54, 1.807) is 0 Å². The fraction of sp³-hybridized carbons (Fsp3) is 0. The zero-order valence-electron chi connectivity index (χ0n) is 4.53. The minimum absolute atomic E-state index is 0. The minimum atomic E-state index is 0. The van der Waals surface area contributed by atoms with Crippen molar-refractivity contribution in [2.45, 2.75) is 0 Å². The predicted octanol–water partition coefficient (Wildman–Crippen LogP) is 3.04. The van der Waals surface area contributed by atoms with E-state index in [1.165, 1.54) is 0 Å². The van der Waals surface area contributed by atoms with Crippen molar-refractivity contribution in [1.82, 2.24) is 0 Å². The van der Waals surface area contributed by atoms with Crippen LogP contribution < -0.4 is 0 Å². The molecule has 1 rings (SSSR count). The molecule has 0 atom stereocenters. The smallest absolute Gasteiger partial charge is 0 e. The van der Waals surface area contributed by atoms with Gasteiger partial charge in [0.25, 0.3) is 0 Å². The third-order valence-corrected chi connectivity index (χ3v) is 1.41. The first-order valence-corrected chi connectivity index (χ1v) is 3.27. The molecule has 0 aliphatic carbocycles. The van der Waals surface area contributed by atoms with E-state index in [9.17, 15) is 0 Å². The molecule has 0 saturated carbocycles. The third kappa shape index (κ3) is 3.21. The van der Waals surface area contributed by atoms with Crippen LogP contribution in [0.3, 0.4) is 0 Å². The maximum atomic E-state index is 3.94. The van der Waals surface area contributed by atoms with Crippen LogP contribution in [0.5, 0.6) is 0 Å². The summed E-state index contributed by atoms with van der Waals surface area (Å²) in [6.07, 6.45) is 0. The van der Waals surface area contributed by atoms with Gasteiger partial charge in [-0.2, -0.15) is 0 Å². The van der Waals surface area contributed by atoms with Crippen LogP contribution in [0.1, 0.15) is 0 Å². The summed E-state index contributed by atoms with van der Waals surface area (Å²) in [5, 5.41) is 0. The molecule has 0 saturated heterocycles. The summed E-state index contributed by atoms with van der Waals surface area (Å²) < 4.78 is 3.94. The molecule has 0 bridgehead atoms. The minimum Gasteiger partial charge on any atom is -0.626 e. The Morgan fingerprint density at radius 1 is 1.11 bits per heavy atom. The molecule has 0 spiro atoms. The average Bonchev–Trinajstić information content (AvgIpc) is 1.90. The summed E-state index contributed by atoms with van der Waals surface area (Å²) in [5.41, 5.74) is 1.02. The zero-order valence-corrected chi connectivity index (χ0v) is 8.96. The summed E-state index contributed by atoms with van der Waals surface area (Å²) in [4.78, 5) is 0. The molecule has 0 aliphatic heterocycles. The molecular formula is C6H5INPt-. The molecule has 0 N–H and O–H groups in total. The van der Waals surface area contributed by atoms with E-state index < -0.39 is 0 Å². The van der Waals surface area contributed by atoms with Gasteiger partial charge in [0.2, 0.25) is 0 Å². The molecule has 0 heterocycles. The number of nitrogens with zero attached hydrogens (tertiary/aromatic N) is 1. The van der Waals surface area contributed by atoms with Gasteiger partial charge in [-0.05, 0) is 0 Å². The molecule has 52 valence electrons. The van der Waals surface area contributed by atoms with Crippen LogP contribution in [-0.4, -0.2) is 0 Å². The molecule has 1 nitrogen and oxygen atoms in total. The van der Waals surface area contributed by atoms with Gasteiger partial charge in [-0.25, -0.2) is 22.9 Å². The predicted molar refractivity (Wildman–Crippen MR) is 43.5 cm³/mol. The maximum Gasteiger partial charge on any atom is 0 e. The molecule has 0 aliphatic rings. The van der Waals surface area contributed by atoms with Crippen molar-refractivity contribution in [3.63, 3.8) is 0 Å². The normalized spacial score (nSPS) is 7.67. The fourth-order valence-corrected chi connectivity index (χ4v) is 0.806. The number of benzene rings is 1. The van der Waals surface area contributed by atoms with Crippen LogP contribution in [0.25, 0.3) is 3.53 Å². The summed E-state index contributed by atoms with van der Waals surface area (Å²) >= 11 is 1.98. The molecule has 0 radical (unpaired) electrons. The Bertz CT molecular complexity index is 154. The second-order valence-electron chi connectivity index (χ2n) is 1.42. The number of rotatable bonds is 1. The molecule has 1 aromatic carbocycles. The second kappa shape index (κ2) is 5.24. The summed E-state index contributed by atoms with van der Waals surface area (Å²) in [6.45, 7) is 0. The average molecular weight is 413 g/mol. The standard InChI is InChI=1S/C6H5IN.Pt/c7-8-6-4-2-1-3-5-6;/h1-5H;/q-1;. The van der Waals surface area contributed by atoms with Gasteiger partial charge in [0.05, 0.1) is 0 Å². The van der Waals surface area contributed by atoms with E-state index in [2.05, 4.69) is 3.53 Å². The van der Waals surface area contributed by atoms with Gasteiger partial charge >= 0.3 is 0 Å². The zero-order chi connectivity index (χ0) is 5.82. The largest absolute Gasteiger partial charge is 0.626 e. The van der Waals surface area contributed by atoms with E-state index >= 15 is 0 Å². The molecule has 9 heavy (non-hydrogen) atoms. The van der Waals surface area contributed by atoms with E-state index in [-0.39, 0.29) is 21.1 Å². The second-order valence-corrected chi connectivity index (χ2v) is 1.90. The first-order valence-electron chi connectivity index (χ1n) is 2.30. The fourth-order valence-electron chi connectivity index (χ4n) is 0.484. The van der Waals surface area contributed by atoms with E-state index in [0.717, 1.165) is 5.69 Å². The SMILES string of the molecule is I[N-]c1ccccc1.[Pt]. The van der Waals surface area contributed by atoms with Gasteiger partial charge in [-0.15, -0.1) is 5.69 Å². The van der Waals surface area contributed by atoms with Gasteiger partial charge in [0.1, 0.15) is 0 Å². The summed E-state index contributed by atoms with van der Waals surface area (Å²) in [7, 11) is 0. The Labute approximate surface area is 83.0 Å². The molecule has 0 unspecified atom stereocenters. The van der Waals surface area contributed by atoms with Crippen molar-refractivity contribution < 1.29 is 21.1 Å². The van der Waals surface area contributed by atoms with Crippen molar-refractivity contribution in [3.8, 4) is 0 Å². The van der Waals surface area contributed by atoms with Crippen LogP contribution in [0.4, 0.5) is 5.69 Å².